The maximum atomic E-state index is 12.8. The lowest BCUT2D eigenvalue weighted by Gasteiger charge is -2.31. The Labute approximate surface area is 166 Å². The van der Waals surface area contributed by atoms with Crippen molar-refractivity contribution >= 4 is 23.1 Å². The van der Waals surface area contributed by atoms with E-state index >= 15 is 0 Å². The standard InChI is InChI=1S/C23H26ClNO2/c1-17(22(26)19-7-9-21(24)10-8-19)23(27)20-12-15-25(16-13-20)14-11-18-5-3-2-4-6-18/h2-10,20,26H,11-16H2,1H3/b22-17-. The first kappa shape index (κ1) is 19.7. The van der Waals surface area contributed by atoms with Crippen LogP contribution in [0.1, 0.15) is 30.9 Å². The van der Waals surface area contributed by atoms with Crippen LogP contribution in [0.15, 0.2) is 60.2 Å². The van der Waals surface area contributed by atoms with Crippen molar-refractivity contribution < 1.29 is 9.90 Å². The lowest BCUT2D eigenvalue weighted by Crippen LogP contribution is -2.37. The van der Waals surface area contributed by atoms with Crippen molar-refractivity contribution in [3.05, 3.63) is 76.3 Å². The zero-order valence-corrected chi connectivity index (χ0v) is 16.5. The van der Waals surface area contributed by atoms with E-state index in [1.165, 1.54) is 5.56 Å². The van der Waals surface area contributed by atoms with Crippen LogP contribution in [0.5, 0.6) is 0 Å². The number of carbonyl (C=O) groups excluding carboxylic acids is 1. The molecule has 3 rings (SSSR count). The molecule has 1 N–H and O–H groups in total. The summed E-state index contributed by atoms with van der Waals surface area (Å²) in [5.41, 5.74) is 2.42. The van der Waals surface area contributed by atoms with Gasteiger partial charge in [-0.05, 0) is 69.1 Å². The Morgan fingerprint density at radius 1 is 1.07 bits per heavy atom. The highest BCUT2D eigenvalue weighted by Crippen LogP contribution is 2.25. The van der Waals surface area contributed by atoms with E-state index in [4.69, 9.17) is 11.6 Å². The van der Waals surface area contributed by atoms with Gasteiger partial charge >= 0.3 is 0 Å². The van der Waals surface area contributed by atoms with Gasteiger partial charge in [-0.25, -0.2) is 0 Å². The van der Waals surface area contributed by atoms with Crippen molar-refractivity contribution in [1.82, 2.24) is 4.90 Å². The third-order valence-electron chi connectivity index (χ3n) is 5.36. The molecular formula is C23H26ClNO2. The summed E-state index contributed by atoms with van der Waals surface area (Å²) in [5.74, 6) is 0.112. The molecule has 0 amide bonds. The Morgan fingerprint density at radius 2 is 1.70 bits per heavy atom. The number of carbonyl (C=O) groups is 1. The third-order valence-corrected chi connectivity index (χ3v) is 5.61. The van der Waals surface area contributed by atoms with Gasteiger partial charge in [-0.1, -0.05) is 41.9 Å². The number of ketones is 1. The number of benzene rings is 2. The van der Waals surface area contributed by atoms with Gasteiger partial charge in [0.15, 0.2) is 5.78 Å². The molecule has 1 aliphatic heterocycles. The number of rotatable bonds is 6. The highest BCUT2D eigenvalue weighted by Gasteiger charge is 2.27. The van der Waals surface area contributed by atoms with Crippen LogP contribution in [0.25, 0.3) is 5.76 Å². The average molecular weight is 384 g/mol. The maximum Gasteiger partial charge on any atom is 0.165 e. The summed E-state index contributed by atoms with van der Waals surface area (Å²) >= 11 is 5.89. The summed E-state index contributed by atoms with van der Waals surface area (Å²) in [6.07, 6.45) is 2.73. The van der Waals surface area contributed by atoms with Gasteiger partial charge in [-0.3, -0.25) is 4.79 Å². The second-order valence-corrected chi connectivity index (χ2v) is 7.63. The number of aliphatic hydroxyl groups is 1. The number of hydrogen-bond acceptors (Lipinski definition) is 3. The maximum absolute atomic E-state index is 12.8. The predicted molar refractivity (Wildman–Crippen MR) is 111 cm³/mol. The molecule has 27 heavy (non-hydrogen) atoms. The topological polar surface area (TPSA) is 40.5 Å². The fraction of sp³-hybridized carbons (Fsp3) is 0.348. The second-order valence-electron chi connectivity index (χ2n) is 7.20. The Kier molecular flexibility index (Phi) is 6.70. The highest BCUT2D eigenvalue weighted by molar-refractivity contribution is 6.30. The Hall–Kier alpha value is -2.10. The molecule has 0 radical (unpaired) electrons. The van der Waals surface area contributed by atoms with Crippen LogP contribution in [-0.4, -0.2) is 35.4 Å². The SMILES string of the molecule is C/C(C(=O)C1CCN(CCc2ccccc2)CC1)=C(/O)c1ccc(Cl)cc1. The minimum absolute atomic E-state index is 0.00701. The van der Waals surface area contributed by atoms with Crippen LogP contribution >= 0.6 is 11.6 Å². The van der Waals surface area contributed by atoms with E-state index in [1.54, 1.807) is 31.2 Å². The van der Waals surface area contributed by atoms with Crippen molar-refractivity contribution in [2.75, 3.05) is 19.6 Å². The molecule has 0 spiro atoms. The summed E-state index contributed by atoms with van der Waals surface area (Å²) < 4.78 is 0. The third kappa shape index (κ3) is 5.21. The van der Waals surface area contributed by atoms with E-state index in [0.717, 1.165) is 38.9 Å². The fourth-order valence-corrected chi connectivity index (χ4v) is 3.72. The molecule has 1 fully saturated rings. The largest absolute Gasteiger partial charge is 0.507 e. The number of halogens is 1. The number of likely N-dealkylation sites (tertiary alicyclic amines) is 1. The number of hydrogen-bond donors (Lipinski definition) is 1. The Balaban J connectivity index is 1.54. The molecule has 0 saturated carbocycles. The summed E-state index contributed by atoms with van der Waals surface area (Å²) in [6, 6.07) is 17.4. The molecule has 0 aromatic heterocycles. The number of piperidine rings is 1. The van der Waals surface area contributed by atoms with Crippen LogP contribution in [0, 0.1) is 5.92 Å². The molecule has 0 aliphatic carbocycles. The molecule has 0 atom stereocenters. The Morgan fingerprint density at radius 3 is 2.33 bits per heavy atom. The van der Waals surface area contributed by atoms with Gasteiger partial charge in [-0.15, -0.1) is 0 Å². The van der Waals surface area contributed by atoms with Gasteiger partial charge in [0.1, 0.15) is 5.76 Å². The summed E-state index contributed by atoms with van der Waals surface area (Å²) in [4.78, 5) is 15.2. The molecule has 3 nitrogen and oxygen atoms in total. The Bertz CT molecular complexity index is 791. The van der Waals surface area contributed by atoms with E-state index in [-0.39, 0.29) is 17.5 Å². The first-order chi connectivity index (χ1) is 13.0. The second kappa shape index (κ2) is 9.20. The smallest absolute Gasteiger partial charge is 0.165 e. The number of allylic oxidation sites excluding steroid dienone is 1. The van der Waals surface area contributed by atoms with Crippen molar-refractivity contribution in [2.45, 2.75) is 26.2 Å². The minimum atomic E-state index is -0.00701. The number of aliphatic hydroxyl groups excluding tert-OH is 1. The van der Waals surface area contributed by atoms with Gasteiger partial charge in [0.25, 0.3) is 0 Å². The molecule has 142 valence electrons. The monoisotopic (exact) mass is 383 g/mol. The van der Waals surface area contributed by atoms with Crippen molar-refractivity contribution in [3.8, 4) is 0 Å². The minimum Gasteiger partial charge on any atom is -0.507 e. The zero-order chi connectivity index (χ0) is 19.2. The van der Waals surface area contributed by atoms with E-state index in [9.17, 15) is 9.90 Å². The molecular weight excluding hydrogens is 358 g/mol. The zero-order valence-electron chi connectivity index (χ0n) is 15.7. The summed E-state index contributed by atoms with van der Waals surface area (Å²) in [7, 11) is 0. The summed E-state index contributed by atoms with van der Waals surface area (Å²) in [5, 5.41) is 11.1. The molecule has 2 aromatic carbocycles. The van der Waals surface area contributed by atoms with Crippen LogP contribution < -0.4 is 0 Å². The van der Waals surface area contributed by atoms with Crippen molar-refractivity contribution in [1.29, 1.82) is 0 Å². The van der Waals surface area contributed by atoms with Gasteiger partial charge in [0, 0.05) is 28.6 Å². The first-order valence-electron chi connectivity index (χ1n) is 9.51. The molecule has 2 aromatic rings. The van der Waals surface area contributed by atoms with Crippen LogP contribution in [0.2, 0.25) is 5.02 Å². The lowest BCUT2D eigenvalue weighted by molar-refractivity contribution is -0.120. The van der Waals surface area contributed by atoms with E-state index in [1.807, 2.05) is 6.07 Å². The number of nitrogens with zero attached hydrogens (tertiary/aromatic N) is 1. The molecule has 1 aliphatic rings. The van der Waals surface area contributed by atoms with Crippen LogP contribution in [-0.2, 0) is 11.2 Å². The molecule has 1 saturated heterocycles. The van der Waals surface area contributed by atoms with Crippen LogP contribution in [0.3, 0.4) is 0 Å². The highest BCUT2D eigenvalue weighted by atomic mass is 35.5. The molecule has 0 unspecified atom stereocenters. The fourth-order valence-electron chi connectivity index (χ4n) is 3.60. The predicted octanol–water partition coefficient (Wildman–Crippen LogP) is 5.15. The quantitative estimate of drug-likeness (QED) is 0.553. The molecule has 1 heterocycles. The van der Waals surface area contributed by atoms with Gasteiger partial charge < -0.3 is 10.0 Å². The van der Waals surface area contributed by atoms with Crippen molar-refractivity contribution in [3.63, 3.8) is 0 Å². The lowest BCUT2D eigenvalue weighted by atomic mass is 9.88. The van der Waals surface area contributed by atoms with Gasteiger partial charge in [-0.2, -0.15) is 0 Å². The van der Waals surface area contributed by atoms with Crippen molar-refractivity contribution in [2.24, 2.45) is 5.92 Å². The van der Waals surface area contributed by atoms with E-state index in [2.05, 4.69) is 29.2 Å². The van der Waals surface area contributed by atoms with Gasteiger partial charge in [0.2, 0.25) is 0 Å². The van der Waals surface area contributed by atoms with Gasteiger partial charge in [0.05, 0.1) is 0 Å². The van der Waals surface area contributed by atoms with E-state index in [0.29, 0.717) is 16.2 Å². The molecule has 0 bridgehead atoms. The number of Topliss-reactive ketones (excluding diaryl/α,β-unsaturated/α-hetero) is 1. The molecule has 4 heteroatoms. The normalized spacial score (nSPS) is 16.8. The first-order valence-corrected chi connectivity index (χ1v) is 9.88. The summed E-state index contributed by atoms with van der Waals surface area (Å²) in [6.45, 7) is 4.60. The average Bonchev–Trinajstić information content (AvgIpc) is 2.72. The van der Waals surface area contributed by atoms with E-state index < -0.39 is 0 Å². The van der Waals surface area contributed by atoms with Crippen LogP contribution in [0.4, 0.5) is 0 Å².